The number of rotatable bonds is 4. The Morgan fingerprint density at radius 2 is 1.85 bits per heavy atom. The fraction of sp³-hybridized carbons (Fsp3) is 0.750. The number of carbonyl (C=O) groups is 1. The molecule has 1 aliphatic rings. The zero-order valence-electron chi connectivity index (χ0n) is 12.6. The molecule has 4 heteroatoms. The van der Waals surface area contributed by atoms with E-state index in [0.717, 1.165) is 30.8 Å². The summed E-state index contributed by atoms with van der Waals surface area (Å²) in [5.74, 6) is 0.579. The molecule has 112 valence electrons. The van der Waals surface area contributed by atoms with Gasteiger partial charge in [-0.3, -0.25) is 9.48 Å². The molecule has 0 amide bonds. The van der Waals surface area contributed by atoms with E-state index in [-0.39, 0.29) is 5.92 Å². The van der Waals surface area contributed by atoms with E-state index in [0.29, 0.717) is 17.2 Å². The van der Waals surface area contributed by atoms with Crippen LogP contribution >= 0.6 is 11.6 Å². The van der Waals surface area contributed by atoms with Crippen molar-refractivity contribution in [3.63, 3.8) is 0 Å². The Bertz CT molecular complexity index is 459. The summed E-state index contributed by atoms with van der Waals surface area (Å²) in [6.45, 7) is 4.70. The molecule has 1 saturated carbocycles. The van der Waals surface area contributed by atoms with Crippen LogP contribution in [0.4, 0.5) is 0 Å². The first-order valence-electron chi connectivity index (χ1n) is 7.88. The Balaban J connectivity index is 2.06. The maximum Gasteiger partial charge on any atom is 0.141 e. The molecular weight excluding hydrogens is 272 g/mol. The van der Waals surface area contributed by atoms with Gasteiger partial charge in [0, 0.05) is 12.5 Å². The van der Waals surface area contributed by atoms with Crippen LogP contribution in [0.1, 0.15) is 63.3 Å². The average molecular weight is 297 g/mol. The van der Waals surface area contributed by atoms with Gasteiger partial charge in [0.25, 0.3) is 0 Å². The van der Waals surface area contributed by atoms with Crippen molar-refractivity contribution in [3.8, 4) is 0 Å². The first-order chi connectivity index (χ1) is 9.63. The van der Waals surface area contributed by atoms with Gasteiger partial charge in [-0.15, -0.1) is 0 Å². The zero-order chi connectivity index (χ0) is 14.5. The molecule has 0 unspecified atom stereocenters. The molecule has 3 nitrogen and oxygen atoms in total. The standard InChI is InChI=1S/C16H25ClN2O/c1-3-19-14(16(17)12(2)18-19)11-15(20)13-9-7-5-4-6-8-10-13/h13H,3-11H2,1-2H3. The lowest BCUT2D eigenvalue weighted by molar-refractivity contribution is -0.122. The van der Waals surface area contributed by atoms with Crippen LogP contribution in [-0.2, 0) is 17.8 Å². The molecule has 0 saturated heterocycles. The van der Waals surface area contributed by atoms with Crippen molar-refractivity contribution in [3.05, 3.63) is 16.4 Å². The molecule has 0 aliphatic heterocycles. The number of carbonyl (C=O) groups excluding carboxylic acids is 1. The molecule has 1 aliphatic carbocycles. The number of aryl methyl sites for hydroxylation is 2. The van der Waals surface area contributed by atoms with Gasteiger partial charge in [-0.2, -0.15) is 5.10 Å². The number of aromatic nitrogens is 2. The second-order valence-electron chi connectivity index (χ2n) is 5.85. The Hall–Kier alpha value is -0.830. The number of halogens is 1. The molecule has 0 radical (unpaired) electrons. The first kappa shape index (κ1) is 15.6. The van der Waals surface area contributed by atoms with Crippen molar-refractivity contribution in [1.29, 1.82) is 0 Å². The van der Waals surface area contributed by atoms with Gasteiger partial charge in [0.05, 0.1) is 22.8 Å². The summed E-state index contributed by atoms with van der Waals surface area (Å²) in [5.41, 5.74) is 1.73. The predicted molar refractivity (Wildman–Crippen MR) is 82.2 cm³/mol. The smallest absolute Gasteiger partial charge is 0.141 e. The number of Topliss-reactive ketones (excluding diaryl/α,β-unsaturated/α-hetero) is 1. The van der Waals surface area contributed by atoms with Crippen molar-refractivity contribution in [1.82, 2.24) is 9.78 Å². The van der Waals surface area contributed by atoms with Crippen molar-refractivity contribution < 1.29 is 4.79 Å². The van der Waals surface area contributed by atoms with E-state index < -0.39 is 0 Å². The number of ketones is 1. The maximum atomic E-state index is 12.6. The highest BCUT2D eigenvalue weighted by Crippen LogP contribution is 2.26. The third-order valence-electron chi connectivity index (χ3n) is 4.36. The van der Waals surface area contributed by atoms with E-state index >= 15 is 0 Å². The normalized spacial score (nSPS) is 17.8. The molecule has 0 aromatic carbocycles. The number of nitrogens with zero attached hydrogens (tertiary/aromatic N) is 2. The molecular formula is C16H25ClN2O. The highest BCUT2D eigenvalue weighted by molar-refractivity contribution is 6.32. The third kappa shape index (κ3) is 3.63. The minimum absolute atomic E-state index is 0.229. The van der Waals surface area contributed by atoms with Gasteiger partial charge >= 0.3 is 0 Å². The molecule has 20 heavy (non-hydrogen) atoms. The van der Waals surface area contributed by atoms with Gasteiger partial charge < -0.3 is 0 Å². The minimum atomic E-state index is 0.229. The lowest BCUT2D eigenvalue weighted by Crippen LogP contribution is -2.20. The molecule has 0 N–H and O–H groups in total. The summed E-state index contributed by atoms with van der Waals surface area (Å²) in [5, 5.41) is 5.07. The average Bonchev–Trinajstić information content (AvgIpc) is 2.66. The molecule has 2 rings (SSSR count). The summed E-state index contributed by atoms with van der Waals surface area (Å²) >= 11 is 6.30. The van der Waals surface area contributed by atoms with Crippen LogP contribution in [0.2, 0.25) is 5.02 Å². The lowest BCUT2D eigenvalue weighted by Gasteiger charge is -2.18. The molecule has 1 aromatic heterocycles. The summed E-state index contributed by atoms with van der Waals surface area (Å²) in [6.07, 6.45) is 8.80. The van der Waals surface area contributed by atoms with E-state index in [4.69, 9.17) is 11.6 Å². The van der Waals surface area contributed by atoms with E-state index in [9.17, 15) is 4.79 Å². The molecule has 0 atom stereocenters. The Labute approximate surface area is 126 Å². The van der Waals surface area contributed by atoms with Gasteiger partial charge in [0.15, 0.2) is 0 Å². The molecule has 1 aromatic rings. The van der Waals surface area contributed by atoms with E-state index in [2.05, 4.69) is 5.10 Å². The number of hydrogen-bond donors (Lipinski definition) is 0. The van der Waals surface area contributed by atoms with Crippen molar-refractivity contribution >= 4 is 17.4 Å². The second-order valence-corrected chi connectivity index (χ2v) is 6.22. The van der Waals surface area contributed by atoms with Crippen LogP contribution in [0, 0.1) is 12.8 Å². The van der Waals surface area contributed by atoms with Gasteiger partial charge in [-0.05, 0) is 26.7 Å². The first-order valence-corrected chi connectivity index (χ1v) is 8.25. The summed E-state index contributed by atoms with van der Waals surface area (Å²) < 4.78 is 1.87. The van der Waals surface area contributed by atoms with Gasteiger partial charge in [-0.25, -0.2) is 0 Å². The Kier molecular flexibility index (Phi) is 5.64. The third-order valence-corrected chi connectivity index (χ3v) is 4.85. The fourth-order valence-corrected chi connectivity index (χ4v) is 3.33. The van der Waals surface area contributed by atoms with Crippen LogP contribution in [-0.4, -0.2) is 15.6 Å². The van der Waals surface area contributed by atoms with Crippen LogP contribution < -0.4 is 0 Å². The highest BCUT2D eigenvalue weighted by atomic mass is 35.5. The van der Waals surface area contributed by atoms with Gasteiger partial charge in [0.2, 0.25) is 0 Å². The summed E-state index contributed by atoms with van der Waals surface area (Å²) in [4.78, 5) is 12.6. The SMILES string of the molecule is CCn1nc(C)c(Cl)c1CC(=O)C1CCCCCCC1. The van der Waals surface area contributed by atoms with Crippen LogP contribution in [0.25, 0.3) is 0 Å². The quantitative estimate of drug-likeness (QED) is 0.828. The molecule has 1 heterocycles. The van der Waals surface area contributed by atoms with Crippen molar-refractivity contribution in [2.45, 2.75) is 71.8 Å². The second kappa shape index (κ2) is 7.26. The summed E-state index contributed by atoms with van der Waals surface area (Å²) in [7, 11) is 0. The molecule has 0 spiro atoms. The van der Waals surface area contributed by atoms with Gasteiger partial charge in [-0.1, -0.05) is 43.7 Å². The van der Waals surface area contributed by atoms with Crippen LogP contribution in [0.15, 0.2) is 0 Å². The van der Waals surface area contributed by atoms with E-state index in [1.54, 1.807) is 0 Å². The van der Waals surface area contributed by atoms with E-state index in [1.807, 2.05) is 18.5 Å². The van der Waals surface area contributed by atoms with Crippen molar-refractivity contribution in [2.75, 3.05) is 0 Å². The van der Waals surface area contributed by atoms with Crippen LogP contribution in [0.5, 0.6) is 0 Å². The van der Waals surface area contributed by atoms with Crippen molar-refractivity contribution in [2.24, 2.45) is 5.92 Å². The molecule has 1 fully saturated rings. The maximum absolute atomic E-state index is 12.6. The van der Waals surface area contributed by atoms with E-state index in [1.165, 1.54) is 32.1 Å². The number of hydrogen-bond acceptors (Lipinski definition) is 2. The minimum Gasteiger partial charge on any atom is -0.299 e. The Morgan fingerprint density at radius 3 is 2.45 bits per heavy atom. The monoisotopic (exact) mass is 296 g/mol. The fourth-order valence-electron chi connectivity index (χ4n) is 3.13. The predicted octanol–water partition coefficient (Wildman–Crippen LogP) is 4.34. The summed E-state index contributed by atoms with van der Waals surface area (Å²) in [6, 6.07) is 0. The largest absolute Gasteiger partial charge is 0.299 e. The molecule has 0 bridgehead atoms. The topological polar surface area (TPSA) is 34.9 Å². The highest BCUT2D eigenvalue weighted by Gasteiger charge is 2.23. The lowest BCUT2D eigenvalue weighted by atomic mass is 9.86. The van der Waals surface area contributed by atoms with Crippen LogP contribution in [0.3, 0.4) is 0 Å². The van der Waals surface area contributed by atoms with Gasteiger partial charge in [0.1, 0.15) is 5.78 Å². The Morgan fingerprint density at radius 1 is 1.25 bits per heavy atom. The zero-order valence-corrected chi connectivity index (χ0v) is 13.4.